The Morgan fingerprint density at radius 3 is 2.28 bits per heavy atom. The van der Waals surface area contributed by atoms with Gasteiger partial charge in [-0.05, 0) is 10.9 Å². The van der Waals surface area contributed by atoms with Crippen LogP contribution in [0.2, 0.25) is 0 Å². The Morgan fingerprint density at radius 2 is 1.80 bits per heavy atom. The molecular formula is C18H18Cl2N4Zr. The van der Waals surface area contributed by atoms with Crippen molar-refractivity contribution in [2.24, 2.45) is 0 Å². The molecule has 0 fully saturated rings. The minimum absolute atomic E-state index is 0. The molecule has 4 aromatic rings. The van der Waals surface area contributed by atoms with Gasteiger partial charge in [-0.15, -0.1) is 51.3 Å². The summed E-state index contributed by atoms with van der Waals surface area (Å²) in [5, 5.41) is 13.9. The summed E-state index contributed by atoms with van der Waals surface area (Å²) < 4.78 is 0. The minimum Gasteiger partial charge on any atom is -1.00 e. The van der Waals surface area contributed by atoms with Crippen LogP contribution >= 0.6 is 0 Å². The van der Waals surface area contributed by atoms with Crippen molar-refractivity contribution in [3.8, 4) is 5.69 Å². The van der Waals surface area contributed by atoms with E-state index in [2.05, 4.69) is 60.4 Å². The molecule has 0 bridgehead atoms. The van der Waals surface area contributed by atoms with E-state index >= 15 is 0 Å². The van der Waals surface area contributed by atoms with Crippen LogP contribution < -0.4 is 24.8 Å². The zero-order valence-electron chi connectivity index (χ0n) is 14.2. The number of benzene rings is 1. The molecule has 0 aliphatic rings. The molecule has 0 amide bonds. The van der Waals surface area contributed by atoms with Crippen molar-refractivity contribution in [2.75, 3.05) is 0 Å². The van der Waals surface area contributed by atoms with Gasteiger partial charge in [-0.3, -0.25) is 0 Å². The van der Waals surface area contributed by atoms with E-state index in [0.717, 1.165) is 5.69 Å². The molecule has 1 aromatic heterocycles. The monoisotopic (exact) mass is 450 g/mol. The molecule has 7 heteroatoms. The third kappa shape index (κ3) is 5.60. The van der Waals surface area contributed by atoms with Crippen molar-refractivity contribution in [3.05, 3.63) is 71.5 Å². The Bertz CT molecular complexity index is 829. The second-order valence-electron chi connectivity index (χ2n) is 5.39. The Balaban J connectivity index is 0.000000462. The molecule has 0 saturated carbocycles. The van der Waals surface area contributed by atoms with Crippen LogP contribution in [0.3, 0.4) is 0 Å². The van der Waals surface area contributed by atoms with Gasteiger partial charge < -0.3 is 24.8 Å². The molecule has 3 aromatic carbocycles. The summed E-state index contributed by atoms with van der Waals surface area (Å²) >= 11 is 0. The second kappa shape index (κ2) is 10.6. The van der Waals surface area contributed by atoms with E-state index in [-0.39, 0.29) is 51.0 Å². The van der Waals surface area contributed by atoms with Crippen LogP contribution in [0.5, 0.6) is 0 Å². The number of hydrogen-bond acceptors (Lipinski definition) is 3. The largest absolute Gasteiger partial charge is 4.00 e. The van der Waals surface area contributed by atoms with E-state index in [1.165, 1.54) is 38.6 Å². The van der Waals surface area contributed by atoms with Gasteiger partial charge in [-0.25, -0.2) is 6.07 Å². The number of aromatic nitrogens is 4. The third-order valence-corrected chi connectivity index (χ3v) is 3.95. The molecule has 0 spiro atoms. The molecule has 0 unspecified atom stereocenters. The summed E-state index contributed by atoms with van der Waals surface area (Å²) in [5.41, 5.74) is 5.19. The van der Waals surface area contributed by atoms with Gasteiger partial charge in [0.05, 0.1) is 0 Å². The van der Waals surface area contributed by atoms with E-state index < -0.39 is 0 Å². The zero-order valence-corrected chi connectivity index (χ0v) is 18.2. The molecule has 25 heavy (non-hydrogen) atoms. The quantitative estimate of drug-likeness (QED) is 0.310. The second-order valence-corrected chi connectivity index (χ2v) is 5.39. The number of aryl methyl sites for hydroxylation is 2. The predicted molar refractivity (Wildman–Crippen MR) is 88.5 cm³/mol. The maximum Gasteiger partial charge on any atom is 4.00 e. The first kappa shape index (κ1) is 23.7. The van der Waals surface area contributed by atoms with Crippen LogP contribution in [0.4, 0.5) is 0 Å². The van der Waals surface area contributed by atoms with Gasteiger partial charge in [0.2, 0.25) is 0 Å². The van der Waals surface area contributed by atoms with Crippen LogP contribution in [-0.4, -0.2) is 20.2 Å². The molecule has 0 aliphatic heterocycles. The van der Waals surface area contributed by atoms with Crippen LogP contribution in [0.25, 0.3) is 16.5 Å². The zero-order chi connectivity index (χ0) is 15.5. The predicted octanol–water partition coefficient (Wildman–Crippen LogP) is -2.13. The first-order chi connectivity index (χ1) is 10.6. The summed E-state index contributed by atoms with van der Waals surface area (Å²) in [4.78, 5) is 1.51. The van der Waals surface area contributed by atoms with E-state index in [1.54, 1.807) is 0 Å². The van der Waals surface area contributed by atoms with Gasteiger partial charge in [0.15, 0.2) is 6.33 Å². The smallest absolute Gasteiger partial charge is 1.00 e. The van der Waals surface area contributed by atoms with Gasteiger partial charge in [-0.2, -0.15) is 27.6 Å². The van der Waals surface area contributed by atoms with E-state index in [0.29, 0.717) is 0 Å². The average Bonchev–Trinajstić information content (AvgIpc) is 3.24. The third-order valence-electron chi connectivity index (χ3n) is 3.95. The molecule has 4 nitrogen and oxygen atoms in total. The van der Waals surface area contributed by atoms with Gasteiger partial charge in [0.25, 0.3) is 0 Å². The SMILES string of the molecule is Cc1cc[c-](C)c1C.[Cl-].[Cl-].[Zr+4].c1ccc2[cH-]c(-n3ncnn3)cc2c1. The molecule has 0 radical (unpaired) electrons. The normalized spacial score (nSPS) is 9.24. The molecule has 1 heterocycles. The summed E-state index contributed by atoms with van der Waals surface area (Å²) in [7, 11) is 0. The first-order valence-corrected chi connectivity index (χ1v) is 7.23. The Kier molecular flexibility index (Phi) is 10.1. The van der Waals surface area contributed by atoms with Gasteiger partial charge in [0, 0.05) is 0 Å². The van der Waals surface area contributed by atoms with Crippen molar-refractivity contribution in [1.29, 1.82) is 0 Å². The maximum absolute atomic E-state index is 3.98. The number of tetrazole rings is 1. The summed E-state index contributed by atoms with van der Waals surface area (Å²) in [5.74, 6) is 0. The van der Waals surface area contributed by atoms with Crippen LogP contribution in [0, 0.1) is 20.8 Å². The molecule has 0 atom stereocenters. The minimum atomic E-state index is 0. The Hall–Kier alpha value is -1.29. The van der Waals surface area contributed by atoms with Crippen molar-refractivity contribution < 1.29 is 51.0 Å². The van der Waals surface area contributed by atoms with Crippen molar-refractivity contribution in [1.82, 2.24) is 20.2 Å². The molecule has 0 saturated heterocycles. The maximum atomic E-state index is 3.98. The summed E-state index contributed by atoms with van der Waals surface area (Å²) in [6.45, 7) is 6.44. The van der Waals surface area contributed by atoms with Crippen LogP contribution in [0.15, 0.2) is 54.9 Å². The van der Waals surface area contributed by atoms with E-state index in [1.807, 2.05) is 24.3 Å². The molecular weight excluding hydrogens is 434 g/mol. The van der Waals surface area contributed by atoms with Crippen molar-refractivity contribution in [3.63, 3.8) is 0 Å². The average molecular weight is 453 g/mol. The van der Waals surface area contributed by atoms with E-state index in [9.17, 15) is 0 Å². The number of nitrogens with zero attached hydrogens (tertiary/aromatic N) is 4. The molecule has 0 N–H and O–H groups in total. The summed E-state index contributed by atoms with van der Waals surface area (Å²) in [6, 6.07) is 16.6. The Morgan fingerprint density at radius 1 is 1.08 bits per heavy atom. The molecule has 128 valence electrons. The fourth-order valence-corrected chi connectivity index (χ4v) is 2.35. The number of hydrogen-bond donors (Lipinski definition) is 0. The van der Waals surface area contributed by atoms with Gasteiger partial charge in [-0.1, -0.05) is 26.8 Å². The first-order valence-electron chi connectivity index (χ1n) is 7.23. The topological polar surface area (TPSA) is 43.6 Å². The van der Waals surface area contributed by atoms with Crippen molar-refractivity contribution in [2.45, 2.75) is 20.8 Å². The number of rotatable bonds is 1. The van der Waals surface area contributed by atoms with Gasteiger partial charge in [0.1, 0.15) is 0 Å². The number of halogens is 2. The molecule has 0 aliphatic carbocycles. The van der Waals surface area contributed by atoms with Crippen LogP contribution in [0.1, 0.15) is 16.7 Å². The molecule has 4 rings (SSSR count). The van der Waals surface area contributed by atoms with Gasteiger partial charge >= 0.3 is 26.2 Å². The number of fused-ring (bicyclic) bond motifs is 1. The van der Waals surface area contributed by atoms with Crippen molar-refractivity contribution >= 4 is 10.8 Å². The fourth-order valence-electron chi connectivity index (χ4n) is 2.35. The van der Waals surface area contributed by atoms with E-state index in [4.69, 9.17) is 0 Å². The fraction of sp³-hybridized carbons (Fsp3) is 0.167. The summed E-state index contributed by atoms with van der Waals surface area (Å²) in [6.07, 6.45) is 1.43. The van der Waals surface area contributed by atoms with Crippen LogP contribution in [-0.2, 0) is 26.2 Å². The standard InChI is InChI=1S/C10H7N4.C8H11.2ClH.Zr/c1-2-4-9-6-10(5-8(9)3-1)14-12-7-11-13-14;1-6-4-5-7(2)8(6)3;;;/h1-7H;4-5H,1-3H3;2*1H;/q2*-1;;;+4/p-2. The Labute approximate surface area is 179 Å².